The van der Waals surface area contributed by atoms with Gasteiger partial charge in [-0.1, -0.05) is 126 Å². The molecule has 0 aromatic heterocycles. The molecule has 216 valence electrons. The maximum atomic E-state index is 2.52. The SMILES string of the molecule is CC(C)(C)c1cc2c(/C=C/c3c4cc(C(C)(C)C)cc3CCc3cccc(c3)CC4)c(c1)CCc1cccc(c1)CC2. The van der Waals surface area contributed by atoms with Crippen molar-refractivity contribution in [2.45, 2.75) is 104 Å². The standard InChI is InChI=1S/C42H48/c1-41(2,3)37-25-33-17-13-29-9-7-10-30(23-29)14-18-34(26-37)39(33)21-22-40-35-19-15-31-11-8-12-32(24-31)16-20-36(40)28-38(27-35)42(4,5)6/h7-12,21-28H,13-20H2,1-6H3/b22-21+. The quantitative estimate of drug-likeness (QED) is 0.217. The fourth-order valence-electron chi connectivity index (χ4n) is 6.84. The second-order valence-corrected chi connectivity index (χ2v) is 14.9. The largest absolute Gasteiger partial charge is 0.0617 e. The number of benzene rings is 4. The maximum absolute atomic E-state index is 2.52. The van der Waals surface area contributed by atoms with Crippen LogP contribution in [-0.4, -0.2) is 0 Å². The lowest BCUT2D eigenvalue weighted by atomic mass is 9.79. The summed E-state index contributed by atoms with van der Waals surface area (Å²) in [6.45, 7) is 14.1. The van der Waals surface area contributed by atoms with Gasteiger partial charge in [0.25, 0.3) is 0 Å². The first-order chi connectivity index (χ1) is 20.0. The highest BCUT2D eigenvalue weighted by Crippen LogP contribution is 2.34. The number of hydrogen-bond acceptors (Lipinski definition) is 0. The summed E-state index contributed by atoms with van der Waals surface area (Å²) in [7, 11) is 0. The molecule has 2 aliphatic rings. The Bertz CT molecular complexity index is 1420. The van der Waals surface area contributed by atoms with E-state index in [2.05, 4.69) is 126 Å². The first kappa shape index (κ1) is 28.7. The molecule has 2 aliphatic carbocycles. The van der Waals surface area contributed by atoms with Crippen molar-refractivity contribution in [3.05, 3.63) is 140 Å². The highest BCUT2D eigenvalue weighted by Gasteiger charge is 2.21. The van der Waals surface area contributed by atoms with Crippen molar-refractivity contribution in [3.63, 3.8) is 0 Å². The van der Waals surface area contributed by atoms with E-state index in [1.165, 1.54) is 66.8 Å². The maximum Gasteiger partial charge on any atom is -0.0132 e. The van der Waals surface area contributed by atoms with E-state index in [0.29, 0.717) is 0 Å². The van der Waals surface area contributed by atoms with Crippen molar-refractivity contribution in [2.24, 2.45) is 0 Å². The van der Waals surface area contributed by atoms with Crippen LogP contribution >= 0.6 is 0 Å². The van der Waals surface area contributed by atoms with Crippen LogP contribution in [0.4, 0.5) is 0 Å². The summed E-state index contributed by atoms with van der Waals surface area (Å²) in [6.07, 6.45) is 13.7. The Morgan fingerprint density at radius 3 is 0.952 bits per heavy atom. The molecule has 0 heteroatoms. The summed E-state index contributed by atoms with van der Waals surface area (Å²) in [5.74, 6) is 0. The first-order valence-electron chi connectivity index (χ1n) is 16.2. The molecule has 0 heterocycles. The molecule has 0 N–H and O–H groups in total. The fraction of sp³-hybridized carbons (Fsp3) is 0.381. The fourth-order valence-corrected chi connectivity index (χ4v) is 6.84. The van der Waals surface area contributed by atoms with Crippen LogP contribution in [0.15, 0.2) is 72.8 Å². The van der Waals surface area contributed by atoms with Crippen LogP contribution in [0, 0.1) is 0 Å². The van der Waals surface area contributed by atoms with Gasteiger partial charge in [0.1, 0.15) is 0 Å². The van der Waals surface area contributed by atoms with Crippen LogP contribution < -0.4 is 0 Å². The average Bonchev–Trinajstić information content (AvgIpc) is 2.94. The van der Waals surface area contributed by atoms with Crippen LogP contribution in [0.2, 0.25) is 0 Å². The molecule has 4 aromatic rings. The minimum absolute atomic E-state index is 0.136. The van der Waals surface area contributed by atoms with Gasteiger partial charge in [-0.3, -0.25) is 0 Å². The number of rotatable bonds is 2. The summed E-state index contributed by atoms with van der Waals surface area (Å²) in [6, 6.07) is 28.7. The zero-order chi connectivity index (χ0) is 29.5. The molecular formula is C42H48. The van der Waals surface area contributed by atoms with E-state index in [1.807, 2.05) is 0 Å². The summed E-state index contributed by atoms with van der Waals surface area (Å²) in [5.41, 5.74) is 18.0. The molecule has 0 atom stereocenters. The zero-order valence-corrected chi connectivity index (χ0v) is 26.7. The van der Waals surface area contributed by atoms with Crippen molar-refractivity contribution >= 4 is 12.2 Å². The lowest BCUT2D eigenvalue weighted by Crippen LogP contribution is -2.15. The van der Waals surface area contributed by atoms with Gasteiger partial charge in [0, 0.05) is 0 Å². The number of fused-ring (bicyclic) bond motifs is 8. The Labute approximate surface area is 254 Å². The third kappa shape index (κ3) is 6.34. The molecular weight excluding hydrogens is 504 g/mol. The Morgan fingerprint density at radius 1 is 0.405 bits per heavy atom. The van der Waals surface area contributed by atoms with Crippen LogP contribution in [0.1, 0.15) is 108 Å². The van der Waals surface area contributed by atoms with Crippen LogP contribution in [0.3, 0.4) is 0 Å². The van der Waals surface area contributed by atoms with Crippen LogP contribution in [0.25, 0.3) is 12.2 Å². The molecule has 8 bridgehead atoms. The molecule has 0 amide bonds. The normalized spacial score (nSPS) is 15.5. The topological polar surface area (TPSA) is 0 Å². The average molecular weight is 553 g/mol. The Hall–Kier alpha value is -3.38. The van der Waals surface area contributed by atoms with Crippen molar-refractivity contribution in [2.75, 3.05) is 0 Å². The summed E-state index contributed by atoms with van der Waals surface area (Å²) in [4.78, 5) is 0. The molecule has 0 spiro atoms. The van der Waals surface area contributed by atoms with E-state index in [9.17, 15) is 0 Å². The highest BCUT2D eigenvalue weighted by molar-refractivity contribution is 5.76. The van der Waals surface area contributed by atoms with E-state index in [0.717, 1.165) is 51.4 Å². The Balaban J connectivity index is 1.47. The van der Waals surface area contributed by atoms with Crippen LogP contribution in [-0.2, 0) is 62.2 Å². The molecule has 6 rings (SSSR count). The predicted octanol–water partition coefficient (Wildman–Crippen LogP) is 10.2. The van der Waals surface area contributed by atoms with Gasteiger partial charge in [-0.2, -0.15) is 0 Å². The minimum atomic E-state index is 0.136. The minimum Gasteiger partial charge on any atom is -0.0617 e. The van der Waals surface area contributed by atoms with E-state index in [4.69, 9.17) is 0 Å². The lowest BCUT2D eigenvalue weighted by molar-refractivity contribution is 0.587. The molecule has 0 saturated carbocycles. The lowest BCUT2D eigenvalue weighted by Gasteiger charge is -2.25. The molecule has 0 nitrogen and oxygen atoms in total. The molecule has 0 aliphatic heterocycles. The van der Waals surface area contributed by atoms with Gasteiger partial charge in [-0.25, -0.2) is 0 Å². The molecule has 0 radical (unpaired) electrons. The van der Waals surface area contributed by atoms with E-state index in [1.54, 1.807) is 0 Å². The highest BCUT2D eigenvalue weighted by atomic mass is 14.3. The second-order valence-electron chi connectivity index (χ2n) is 14.9. The van der Waals surface area contributed by atoms with E-state index >= 15 is 0 Å². The van der Waals surface area contributed by atoms with E-state index < -0.39 is 0 Å². The van der Waals surface area contributed by atoms with Gasteiger partial charge in [0.2, 0.25) is 0 Å². The second kappa shape index (κ2) is 11.4. The molecule has 4 aromatic carbocycles. The third-order valence-electron chi connectivity index (χ3n) is 9.57. The van der Waals surface area contributed by atoms with Gasteiger partial charge in [-0.05, 0) is 129 Å². The van der Waals surface area contributed by atoms with Gasteiger partial charge >= 0.3 is 0 Å². The van der Waals surface area contributed by atoms with Gasteiger partial charge in [0.05, 0.1) is 0 Å². The molecule has 0 unspecified atom stereocenters. The predicted molar refractivity (Wildman–Crippen MR) is 182 cm³/mol. The molecule has 42 heavy (non-hydrogen) atoms. The monoisotopic (exact) mass is 552 g/mol. The van der Waals surface area contributed by atoms with Crippen molar-refractivity contribution in [1.29, 1.82) is 0 Å². The zero-order valence-electron chi connectivity index (χ0n) is 26.7. The van der Waals surface area contributed by atoms with Crippen LogP contribution in [0.5, 0.6) is 0 Å². The first-order valence-corrected chi connectivity index (χ1v) is 16.2. The Morgan fingerprint density at radius 2 is 0.690 bits per heavy atom. The molecule has 0 fully saturated rings. The third-order valence-corrected chi connectivity index (χ3v) is 9.57. The van der Waals surface area contributed by atoms with Gasteiger partial charge in [-0.15, -0.1) is 0 Å². The van der Waals surface area contributed by atoms with Gasteiger partial charge in [0.15, 0.2) is 0 Å². The summed E-state index contributed by atoms with van der Waals surface area (Å²) >= 11 is 0. The van der Waals surface area contributed by atoms with Crippen molar-refractivity contribution in [3.8, 4) is 0 Å². The van der Waals surface area contributed by atoms with Crippen molar-refractivity contribution in [1.82, 2.24) is 0 Å². The summed E-state index contributed by atoms with van der Waals surface area (Å²) in [5, 5.41) is 0. The smallest absolute Gasteiger partial charge is 0.0132 e. The van der Waals surface area contributed by atoms with E-state index in [-0.39, 0.29) is 10.8 Å². The Kier molecular flexibility index (Phi) is 7.77. The van der Waals surface area contributed by atoms with Crippen molar-refractivity contribution < 1.29 is 0 Å². The molecule has 0 saturated heterocycles. The number of hydrogen-bond donors (Lipinski definition) is 0. The summed E-state index contributed by atoms with van der Waals surface area (Å²) < 4.78 is 0. The number of aryl methyl sites for hydroxylation is 8. The van der Waals surface area contributed by atoms with Gasteiger partial charge < -0.3 is 0 Å².